The maximum atomic E-state index is 6.31. The zero-order valence-corrected chi connectivity index (χ0v) is 12.5. The van der Waals surface area contributed by atoms with Gasteiger partial charge >= 0.3 is 0 Å². The highest BCUT2D eigenvalue weighted by Gasteiger charge is 2.17. The molecule has 3 nitrogen and oxygen atoms in total. The van der Waals surface area contributed by atoms with Crippen molar-refractivity contribution in [3.05, 3.63) is 18.0 Å². The average molecular weight is 263 g/mol. The minimum absolute atomic E-state index is 0.281. The maximum absolute atomic E-state index is 6.31. The van der Waals surface area contributed by atoms with Crippen LogP contribution in [0.5, 0.6) is 0 Å². The molecule has 0 aliphatic heterocycles. The number of nitrogens with two attached hydrogens (primary N) is 1. The summed E-state index contributed by atoms with van der Waals surface area (Å²) < 4.78 is 2.07. The van der Waals surface area contributed by atoms with Gasteiger partial charge < -0.3 is 5.73 Å². The first-order valence-electron chi connectivity index (χ1n) is 7.98. The fourth-order valence-electron chi connectivity index (χ4n) is 3.12. The van der Waals surface area contributed by atoms with Gasteiger partial charge in [0.1, 0.15) is 0 Å². The van der Waals surface area contributed by atoms with Crippen LogP contribution in [0.15, 0.2) is 12.3 Å². The molecule has 1 heterocycles. The lowest BCUT2D eigenvalue weighted by molar-refractivity contribution is 0.316. The Hall–Kier alpha value is -0.830. The molecule has 108 valence electrons. The Balaban J connectivity index is 1.80. The highest BCUT2D eigenvalue weighted by Crippen LogP contribution is 2.27. The van der Waals surface area contributed by atoms with Crippen LogP contribution < -0.4 is 5.73 Å². The highest BCUT2D eigenvalue weighted by atomic mass is 15.3. The first-order valence-corrected chi connectivity index (χ1v) is 7.98. The quantitative estimate of drug-likeness (QED) is 0.850. The minimum atomic E-state index is 0.281. The van der Waals surface area contributed by atoms with Crippen molar-refractivity contribution in [3.63, 3.8) is 0 Å². The summed E-state index contributed by atoms with van der Waals surface area (Å²) in [6, 6.07) is 2.90. The molecule has 0 radical (unpaired) electrons. The monoisotopic (exact) mass is 263 g/mol. The normalized spacial score (nSPS) is 20.4. The van der Waals surface area contributed by atoms with Crippen molar-refractivity contribution >= 4 is 0 Å². The van der Waals surface area contributed by atoms with E-state index < -0.39 is 0 Å². The largest absolute Gasteiger partial charge is 0.327 e. The number of hydrogen-bond donors (Lipinski definition) is 1. The number of aromatic nitrogens is 2. The zero-order valence-electron chi connectivity index (χ0n) is 12.5. The Bertz CT molecular complexity index is 366. The molecular weight excluding hydrogens is 234 g/mol. The topological polar surface area (TPSA) is 43.8 Å². The smallest absolute Gasteiger partial charge is 0.0640 e. The summed E-state index contributed by atoms with van der Waals surface area (Å²) in [6.07, 6.45) is 12.3. The van der Waals surface area contributed by atoms with Crippen LogP contribution in [0, 0.1) is 5.92 Å². The van der Waals surface area contributed by atoms with Gasteiger partial charge in [0.15, 0.2) is 0 Å². The summed E-state index contributed by atoms with van der Waals surface area (Å²) >= 11 is 0. The van der Waals surface area contributed by atoms with Crippen LogP contribution in [-0.4, -0.2) is 15.8 Å². The van der Waals surface area contributed by atoms with Gasteiger partial charge in [-0.15, -0.1) is 0 Å². The average Bonchev–Trinajstić information content (AvgIpc) is 2.87. The maximum Gasteiger partial charge on any atom is 0.0640 e. The van der Waals surface area contributed by atoms with Gasteiger partial charge in [0.25, 0.3) is 0 Å². The van der Waals surface area contributed by atoms with Crippen LogP contribution in [0.4, 0.5) is 0 Å². The van der Waals surface area contributed by atoms with Gasteiger partial charge in [-0.25, -0.2) is 0 Å². The predicted molar refractivity (Wildman–Crippen MR) is 80.1 cm³/mol. The van der Waals surface area contributed by atoms with Gasteiger partial charge in [-0.05, 0) is 31.7 Å². The lowest BCUT2D eigenvalue weighted by atomic mass is 9.84. The first-order chi connectivity index (χ1) is 9.19. The van der Waals surface area contributed by atoms with Crippen molar-refractivity contribution in [2.45, 2.75) is 77.3 Å². The van der Waals surface area contributed by atoms with Crippen molar-refractivity contribution in [2.24, 2.45) is 11.7 Å². The molecule has 2 rings (SSSR count). The second-order valence-corrected chi connectivity index (χ2v) is 6.25. The van der Waals surface area contributed by atoms with Crippen LogP contribution in [0.3, 0.4) is 0 Å². The third-order valence-electron chi connectivity index (χ3n) is 4.54. The van der Waals surface area contributed by atoms with E-state index in [1.165, 1.54) is 38.5 Å². The minimum Gasteiger partial charge on any atom is -0.327 e. The van der Waals surface area contributed by atoms with E-state index in [2.05, 4.69) is 35.9 Å². The van der Waals surface area contributed by atoms with Crippen molar-refractivity contribution in [3.8, 4) is 0 Å². The Morgan fingerprint density at radius 1 is 1.37 bits per heavy atom. The molecule has 1 saturated carbocycles. The Kier molecular flexibility index (Phi) is 5.44. The van der Waals surface area contributed by atoms with E-state index in [1.54, 1.807) is 0 Å². The molecule has 1 aromatic rings. The molecule has 1 fully saturated rings. The van der Waals surface area contributed by atoms with Crippen LogP contribution in [0.2, 0.25) is 0 Å². The summed E-state index contributed by atoms with van der Waals surface area (Å²) in [7, 11) is 0. The molecule has 19 heavy (non-hydrogen) atoms. The number of nitrogens with zero attached hydrogens (tertiary/aromatic N) is 2. The van der Waals surface area contributed by atoms with Gasteiger partial charge in [-0.1, -0.05) is 39.0 Å². The second kappa shape index (κ2) is 7.09. The molecular formula is C16H29N3. The van der Waals surface area contributed by atoms with E-state index >= 15 is 0 Å². The van der Waals surface area contributed by atoms with Crippen molar-refractivity contribution in [1.29, 1.82) is 0 Å². The van der Waals surface area contributed by atoms with Gasteiger partial charge in [0.05, 0.1) is 5.69 Å². The molecule has 0 aromatic carbocycles. The third-order valence-corrected chi connectivity index (χ3v) is 4.54. The predicted octanol–water partition coefficient (Wildman–Crippen LogP) is 3.69. The van der Waals surface area contributed by atoms with E-state index in [1.807, 2.05) is 0 Å². The lowest BCUT2D eigenvalue weighted by Crippen LogP contribution is -2.27. The summed E-state index contributed by atoms with van der Waals surface area (Å²) in [5.41, 5.74) is 7.46. The van der Waals surface area contributed by atoms with Crippen LogP contribution in [0.1, 0.15) is 70.5 Å². The Morgan fingerprint density at radius 2 is 2.11 bits per heavy atom. The first kappa shape index (κ1) is 14.6. The number of hydrogen-bond acceptors (Lipinski definition) is 2. The number of rotatable bonds is 6. The molecule has 2 N–H and O–H groups in total. The van der Waals surface area contributed by atoms with E-state index in [4.69, 9.17) is 5.73 Å². The third kappa shape index (κ3) is 4.34. The molecule has 0 amide bonds. The van der Waals surface area contributed by atoms with Gasteiger partial charge in [-0.2, -0.15) is 5.10 Å². The molecule has 2 unspecified atom stereocenters. The standard InChI is InChI=1S/C16H29N3/c1-3-13(2)19-10-9-16(18-19)12-15(17)11-14-7-5-4-6-8-14/h9-10,13-15H,3-8,11-12,17H2,1-2H3. The summed E-state index contributed by atoms with van der Waals surface area (Å²) in [5, 5.41) is 4.65. The van der Waals surface area contributed by atoms with Crippen molar-refractivity contribution in [1.82, 2.24) is 9.78 Å². The molecule has 1 aliphatic carbocycles. The molecule has 0 spiro atoms. The SMILES string of the molecule is CCC(C)n1ccc(CC(N)CC2CCCCC2)n1. The van der Waals surface area contributed by atoms with Gasteiger partial charge in [0, 0.05) is 24.7 Å². The molecule has 3 heteroatoms. The van der Waals surface area contributed by atoms with E-state index in [0.29, 0.717) is 6.04 Å². The molecule has 1 aliphatic rings. The lowest BCUT2D eigenvalue weighted by Gasteiger charge is -2.24. The van der Waals surface area contributed by atoms with E-state index in [9.17, 15) is 0 Å². The fraction of sp³-hybridized carbons (Fsp3) is 0.812. The second-order valence-electron chi connectivity index (χ2n) is 6.25. The van der Waals surface area contributed by atoms with Crippen LogP contribution >= 0.6 is 0 Å². The van der Waals surface area contributed by atoms with E-state index in [0.717, 1.165) is 24.5 Å². The Labute approximate surface area is 117 Å². The molecule has 1 aromatic heterocycles. The zero-order chi connectivity index (χ0) is 13.7. The molecule has 0 saturated heterocycles. The van der Waals surface area contributed by atoms with Crippen LogP contribution in [-0.2, 0) is 6.42 Å². The highest BCUT2D eigenvalue weighted by molar-refractivity contribution is 5.02. The van der Waals surface area contributed by atoms with Crippen molar-refractivity contribution < 1.29 is 0 Å². The van der Waals surface area contributed by atoms with Gasteiger partial charge in [0.2, 0.25) is 0 Å². The molecule has 2 atom stereocenters. The Morgan fingerprint density at radius 3 is 2.79 bits per heavy atom. The van der Waals surface area contributed by atoms with Crippen molar-refractivity contribution in [2.75, 3.05) is 0 Å². The molecule has 0 bridgehead atoms. The summed E-state index contributed by atoms with van der Waals surface area (Å²) in [6.45, 7) is 4.40. The van der Waals surface area contributed by atoms with Gasteiger partial charge in [-0.3, -0.25) is 4.68 Å². The van der Waals surface area contributed by atoms with Crippen LogP contribution in [0.25, 0.3) is 0 Å². The van der Waals surface area contributed by atoms with E-state index in [-0.39, 0.29) is 6.04 Å². The summed E-state index contributed by atoms with van der Waals surface area (Å²) in [5.74, 6) is 0.861. The fourth-order valence-corrected chi connectivity index (χ4v) is 3.12. The summed E-state index contributed by atoms with van der Waals surface area (Å²) in [4.78, 5) is 0.